The zero-order valence-electron chi connectivity index (χ0n) is 15.3. The van der Waals surface area contributed by atoms with Crippen LogP contribution in [0.1, 0.15) is 36.3 Å². The molecule has 2 aromatic rings. The molecule has 1 atom stereocenters. The highest BCUT2D eigenvalue weighted by molar-refractivity contribution is 5.87. The summed E-state index contributed by atoms with van der Waals surface area (Å²) in [4.78, 5) is 15.0. The molecule has 0 aliphatic carbocycles. The van der Waals surface area contributed by atoms with E-state index in [0.29, 0.717) is 6.79 Å². The van der Waals surface area contributed by atoms with Gasteiger partial charge in [-0.3, -0.25) is 9.69 Å². The summed E-state index contributed by atoms with van der Waals surface area (Å²) in [5, 5.41) is 3.33. The third kappa shape index (κ3) is 3.16. The number of fused-ring (bicyclic) bond motifs is 1. The molecule has 5 rings (SSSR count). The molecule has 0 bridgehead atoms. The Bertz CT molecular complexity index is 844. The maximum absolute atomic E-state index is 12.6. The first-order chi connectivity index (χ1) is 13.2. The lowest BCUT2D eigenvalue weighted by Crippen LogP contribution is -2.50. The minimum absolute atomic E-state index is 0.00777. The molecule has 0 saturated carbocycles. The van der Waals surface area contributed by atoms with Crippen LogP contribution in [-0.2, 0) is 11.3 Å². The molecule has 3 aliphatic rings. The first-order valence-electron chi connectivity index (χ1n) is 9.69. The van der Waals surface area contributed by atoms with Crippen LogP contribution in [0.5, 0.6) is 11.5 Å². The Kier molecular flexibility index (Phi) is 4.05. The summed E-state index contributed by atoms with van der Waals surface area (Å²) in [6.45, 7) is 3.21. The zero-order valence-corrected chi connectivity index (χ0v) is 15.3. The second-order valence-corrected chi connectivity index (χ2v) is 7.90. The summed E-state index contributed by atoms with van der Waals surface area (Å²) in [6.07, 6.45) is 2.92. The van der Waals surface area contributed by atoms with Gasteiger partial charge in [0.1, 0.15) is 0 Å². The monoisotopic (exact) mass is 364 g/mol. The molecular formula is C22H24N2O3. The van der Waals surface area contributed by atoms with Crippen LogP contribution in [0.2, 0.25) is 0 Å². The van der Waals surface area contributed by atoms with Crippen LogP contribution in [0.15, 0.2) is 48.5 Å². The van der Waals surface area contributed by atoms with E-state index in [4.69, 9.17) is 9.47 Å². The molecule has 0 aromatic heterocycles. The van der Waals surface area contributed by atoms with Gasteiger partial charge >= 0.3 is 0 Å². The number of nitrogens with zero attached hydrogens (tertiary/aromatic N) is 1. The third-order valence-electron chi connectivity index (χ3n) is 6.16. The Hall–Kier alpha value is -2.53. The number of piperidine rings is 1. The van der Waals surface area contributed by atoms with Crippen LogP contribution in [0, 0.1) is 0 Å². The second-order valence-electron chi connectivity index (χ2n) is 7.90. The van der Waals surface area contributed by atoms with Gasteiger partial charge in [-0.2, -0.15) is 0 Å². The first-order valence-corrected chi connectivity index (χ1v) is 9.69. The fourth-order valence-corrected chi connectivity index (χ4v) is 4.60. The van der Waals surface area contributed by atoms with E-state index in [2.05, 4.69) is 34.5 Å². The Morgan fingerprint density at radius 2 is 1.81 bits per heavy atom. The fraction of sp³-hybridized carbons (Fsp3) is 0.409. The lowest BCUT2D eigenvalue weighted by Gasteiger charge is -2.39. The topological polar surface area (TPSA) is 50.8 Å². The molecule has 5 nitrogen and oxygen atoms in total. The number of ether oxygens (including phenoxy) is 2. The number of hydrogen-bond donors (Lipinski definition) is 1. The number of carbonyl (C=O) groups is 1. The van der Waals surface area contributed by atoms with Crippen molar-refractivity contribution in [3.63, 3.8) is 0 Å². The molecule has 0 unspecified atom stereocenters. The van der Waals surface area contributed by atoms with Crippen molar-refractivity contribution in [2.75, 3.05) is 19.9 Å². The molecule has 2 fully saturated rings. The smallest absolute Gasteiger partial charge is 0.231 e. The van der Waals surface area contributed by atoms with Crippen molar-refractivity contribution in [2.24, 2.45) is 0 Å². The number of carbonyl (C=O) groups excluding carboxylic acids is 1. The normalized spacial score (nSPS) is 23.6. The highest BCUT2D eigenvalue weighted by Gasteiger charge is 2.46. The van der Waals surface area contributed by atoms with Crippen molar-refractivity contribution >= 4 is 5.91 Å². The first kappa shape index (κ1) is 16.6. The highest BCUT2D eigenvalue weighted by Crippen LogP contribution is 2.39. The van der Waals surface area contributed by atoms with Gasteiger partial charge < -0.3 is 14.8 Å². The van der Waals surface area contributed by atoms with Crippen molar-refractivity contribution in [3.8, 4) is 11.5 Å². The zero-order chi connectivity index (χ0) is 18.3. The van der Waals surface area contributed by atoms with E-state index in [1.807, 2.05) is 24.3 Å². The molecule has 1 amide bonds. The summed E-state index contributed by atoms with van der Waals surface area (Å²) in [6, 6.07) is 16.3. The van der Waals surface area contributed by atoms with E-state index >= 15 is 0 Å². The predicted molar refractivity (Wildman–Crippen MR) is 102 cm³/mol. The number of likely N-dealkylation sites (tertiary alicyclic amines) is 1. The SMILES string of the molecule is O=C1NC2(CCN(Cc3ccc4c(c3)OCO4)CC2)C[C@H]1c1ccccc1. The number of amides is 1. The Labute approximate surface area is 159 Å². The second kappa shape index (κ2) is 6.57. The minimum Gasteiger partial charge on any atom is -0.454 e. The Morgan fingerprint density at radius 1 is 1.04 bits per heavy atom. The molecular weight excluding hydrogens is 340 g/mol. The molecule has 0 radical (unpaired) electrons. The van der Waals surface area contributed by atoms with Crippen molar-refractivity contribution in [1.29, 1.82) is 0 Å². The average molecular weight is 364 g/mol. The molecule has 3 heterocycles. The lowest BCUT2D eigenvalue weighted by atomic mass is 9.82. The van der Waals surface area contributed by atoms with Gasteiger partial charge in [-0.1, -0.05) is 36.4 Å². The van der Waals surface area contributed by atoms with E-state index < -0.39 is 0 Å². The summed E-state index contributed by atoms with van der Waals surface area (Å²) in [7, 11) is 0. The van der Waals surface area contributed by atoms with Gasteiger partial charge in [-0.05, 0) is 42.5 Å². The van der Waals surface area contributed by atoms with Crippen LogP contribution in [0.3, 0.4) is 0 Å². The predicted octanol–water partition coefficient (Wildman–Crippen LogP) is 3.05. The number of benzene rings is 2. The molecule has 5 heteroatoms. The van der Waals surface area contributed by atoms with E-state index in [-0.39, 0.29) is 17.4 Å². The van der Waals surface area contributed by atoms with Crippen molar-refractivity contribution in [1.82, 2.24) is 10.2 Å². The van der Waals surface area contributed by atoms with Crippen LogP contribution in [0.25, 0.3) is 0 Å². The summed E-state index contributed by atoms with van der Waals surface area (Å²) in [5.41, 5.74) is 2.34. The van der Waals surface area contributed by atoms with Gasteiger partial charge in [0.15, 0.2) is 11.5 Å². The minimum atomic E-state index is -0.0387. The molecule has 27 heavy (non-hydrogen) atoms. The molecule has 2 saturated heterocycles. The maximum Gasteiger partial charge on any atom is 0.231 e. The van der Waals surface area contributed by atoms with Crippen molar-refractivity contribution < 1.29 is 14.3 Å². The van der Waals surface area contributed by atoms with Gasteiger partial charge in [0, 0.05) is 25.2 Å². The van der Waals surface area contributed by atoms with E-state index in [1.165, 1.54) is 5.56 Å². The maximum atomic E-state index is 12.6. The van der Waals surface area contributed by atoms with Gasteiger partial charge in [0.25, 0.3) is 0 Å². The van der Waals surface area contributed by atoms with E-state index in [1.54, 1.807) is 0 Å². The van der Waals surface area contributed by atoms with Gasteiger partial charge in [-0.15, -0.1) is 0 Å². The van der Waals surface area contributed by atoms with Crippen LogP contribution in [0.4, 0.5) is 0 Å². The van der Waals surface area contributed by atoms with Crippen molar-refractivity contribution in [2.45, 2.75) is 37.3 Å². The Balaban J connectivity index is 1.22. The molecule has 3 aliphatic heterocycles. The van der Waals surface area contributed by atoms with E-state index in [0.717, 1.165) is 56.0 Å². The van der Waals surface area contributed by atoms with Crippen molar-refractivity contribution in [3.05, 3.63) is 59.7 Å². The number of nitrogens with one attached hydrogen (secondary N) is 1. The third-order valence-corrected chi connectivity index (χ3v) is 6.16. The van der Waals surface area contributed by atoms with Crippen LogP contribution >= 0.6 is 0 Å². The molecule has 2 aromatic carbocycles. The van der Waals surface area contributed by atoms with Gasteiger partial charge in [0.2, 0.25) is 12.7 Å². The van der Waals surface area contributed by atoms with E-state index in [9.17, 15) is 4.79 Å². The highest BCUT2D eigenvalue weighted by atomic mass is 16.7. The standard InChI is InChI=1S/C22H24N2O3/c25-21-18(17-4-2-1-3-5-17)13-22(23-21)8-10-24(11-9-22)14-16-6-7-19-20(12-16)27-15-26-19/h1-7,12,18H,8-11,13-15H2,(H,23,25)/t18-/m0/s1. The van der Waals surface area contributed by atoms with Crippen LogP contribution in [-0.4, -0.2) is 36.2 Å². The summed E-state index contributed by atoms with van der Waals surface area (Å²) in [5.74, 6) is 1.85. The molecule has 1 N–H and O–H groups in total. The van der Waals surface area contributed by atoms with Gasteiger partial charge in [0.05, 0.1) is 5.92 Å². The summed E-state index contributed by atoms with van der Waals surface area (Å²) >= 11 is 0. The summed E-state index contributed by atoms with van der Waals surface area (Å²) < 4.78 is 10.9. The largest absolute Gasteiger partial charge is 0.454 e. The van der Waals surface area contributed by atoms with Gasteiger partial charge in [-0.25, -0.2) is 0 Å². The number of hydrogen-bond acceptors (Lipinski definition) is 4. The molecule has 1 spiro atoms. The quantitative estimate of drug-likeness (QED) is 0.910. The van der Waals surface area contributed by atoms with Crippen LogP contribution < -0.4 is 14.8 Å². The lowest BCUT2D eigenvalue weighted by molar-refractivity contribution is -0.121. The fourth-order valence-electron chi connectivity index (χ4n) is 4.60. The Morgan fingerprint density at radius 3 is 2.63 bits per heavy atom. The number of rotatable bonds is 3. The molecule has 140 valence electrons. The average Bonchev–Trinajstić information content (AvgIpc) is 3.29.